The molecule has 1 aromatic heterocycles. The summed E-state index contributed by atoms with van der Waals surface area (Å²) in [7, 11) is 3.18. The van der Waals surface area contributed by atoms with Crippen molar-refractivity contribution in [2.24, 2.45) is 0 Å². The zero-order valence-corrected chi connectivity index (χ0v) is 13.5. The first-order chi connectivity index (χ1) is 10.1. The number of thiophene rings is 1. The lowest BCUT2D eigenvalue weighted by Crippen LogP contribution is -2.21. The average molecular weight is 328 g/mol. The summed E-state index contributed by atoms with van der Waals surface area (Å²) < 4.78 is 11.2. The average Bonchev–Trinajstić information content (AvgIpc) is 2.91. The fourth-order valence-corrected chi connectivity index (χ4v) is 3.05. The van der Waals surface area contributed by atoms with E-state index in [1.54, 1.807) is 32.4 Å². The zero-order chi connectivity index (χ0) is 15.2. The largest absolute Gasteiger partial charge is 0.497 e. The minimum Gasteiger partial charge on any atom is -0.497 e. The fraction of sp³-hybridized carbons (Fsp3) is 0.333. The number of benzene rings is 1. The highest BCUT2D eigenvalue weighted by molar-refractivity contribution is 7.16. The molecule has 0 amide bonds. The molecule has 0 spiro atoms. The molecular weight excluding hydrogens is 310 g/mol. The Hall–Kier alpha value is -1.27. The molecule has 1 unspecified atom stereocenters. The number of nitrogens with one attached hydrogen (secondary N) is 1. The highest BCUT2D eigenvalue weighted by Gasteiger charge is 2.14. The molecular formula is C15H18ClNO3S. The van der Waals surface area contributed by atoms with Gasteiger partial charge in [-0.05, 0) is 30.3 Å². The molecule has 2 aromatic rings. The summed E-state index contributed by atoms with van der Waals surface area (Å²) in [5.41, 5.74) is 0.702. The van der Waals surface area contributed by atoms with E-state index in [4.69, 9.17) is 21.1 Å². The molecule has 6 heteroatoms. The summed E-state index contributed by atoms with van der Waals surface area (Å²) in [4.78, 5) is 1.13. The van der Waals surface area contributed by atoms with Crippen LogP contribution in [0.1, 0.15) is 16.5 Å². The second kappa shape index (κ2) is 7.66. The smallest absolute Gasteiger partial charge is 0.124 e. The summed E-state index contributed by atoms with van der Waals surface area (Å²) in [5, 5.41) is 13.5. The number of rotatable bonds is 7. The van der Waals surface area contributed by atoms with Crippen LogP contribution in [0.15, 0.2) is 30.3 Å². The summed E-state index contributed by atoms with van der Waals surface area (Å²) in [6, 6.07) is 9.21. The van der Waals surface area contributed by atoms with E-state index in [-0.39, 0.29) is 0 Å². The molecule has 1 aromatic carbocycles. The lowest BCUT2D eigenvalue weighted by molar-refractivity contribution is 0.170. The van der Waals surface area contributed by atoms with Gasteiger partial charge in [0.15, 0.2) is 0 Å². The third-order valence-electron chi connectivity index (χ3n) is 3.06. The maximum absolute atomic E-state index is 10.3. The Morgan fingerprint density at radius 1 is 1.24 bits per heavy atom. The lowest BCUT2D eigenvalue weighted by Gasteiger charge is -2.16. The molecule has 2 rings (SSSR count). The summed E-state index contributed by atoms with van der Waals surface area (Å²) in [5.74, 6) is 1.33. The molecule has 21 heavy (non-hydrogen) atoms. The van der Waals surface area contributed by atoms with Crippen molar-refractivity contribution in [2.75, 3.05) is 20.8 Å². The highest BCUT2D eigenvalue weighted by Crippen LogP contribution is 2.29. The number of methoxy groups -OCH3 is 2. The second-order valence-electron chi connectivity index (χ2n) is 4.46. The van der Waals surface area contributed by atoms with Gasteiger partial charge in [-0.25, -0.2) is 0 Å². The predicted octanol–water partition coefficient (Wildman–Crippen LogP) is 3.24. The number of hydrogen-bond donors (Lipinski definition) is 2. The number of hydrogen-bond acceptors (Lipinski definition) is 5. The number of aliphatic hydroxyl groups excluding tert-OH is 1. The molecule has 4 nitrogen and oxygen atoms in total. The Kier molecular flexibility index (Phi) is 5.87. The minimum atomic E-state index is -0.675. The highest BCUT2D eigenvalue weighted by atomic mass is 35.5. The van der Waals surface area contributed by atoms with Gasteiger partial charge in [-0.15, -0.1) is 11.3 Å². The molecule has 0 saturated heterocycles. The van der Waals surface area contributed by atoms with Crippen molar-refractivity contribution in [1.29, 1.82) is 0 Å². The van der Waals surface area contributed by atoms with Crippen molar-refractivity contribution in [2.45, 2.75) is 12.6 Å². The van der Waals surface area contributed by atoms with Gasteiger partial charge in [0.05, 0.1) is 24.7 Å². The van der Waals surface area contributed by atoms with E-state index < -0.39 is 6.10 Å². The third kappa shape index (κ3) is 4.35. The number of ether oxygens (including phenoxy) is 2. The van der Waals surface area contributed by atoms with E-state index in [0.29, 0.717) is 30.2 Å². The maximum Gasteiger partial charge on any atom is 0.124 e. The number of halogens is 1. The van der Waals surface area contributed by atoms with Gasteiger partial charge in [-0.3, -0.25) is 0 Å². The quantitative estimate of drug-likeness (QED) is 0.819. The van der Waals surface area contributed by atoms with Crippen LogP contribution in [0.5, 0.6) is 11.5 Å². The van der Waals surface area contributed by atoms with E-state index in [1.807, 2.05) is 12.1 Å². The molecule has 1 heterocycles. The first kappa shape index (κ1) is 16.1. The Bertz CT molecular complexity index is 588. The van der Waals surface area contributed by atoms with Crippen molar-refractivity contribution in [3.8, 4) is 11.5 Å². The standard InChI is InChI=1S/C15H18ClNO3S/c1-19-10-3-5-14(20-2)12(7-10)13(18)9-17-8-11-4-6-15(16)21-11/h3-7,13,17-18H,8-9H2,1-2H3. The van der Waals surface area contributed by atoms with Gasteiger partial charge >= 0.3 is 0 Å². The van der Waals surface area contributed by atoms with Crippen molar-refractivity contribution in [1.82, 2.24) is 5.32 Å². The predicted molar refractivity (Wildman–Crippen MR) is 85.5 cm³/mol. The lowest BCUT2D eigenvalue weighted by atomic mass is 10.1. The van der Waals surface area contributed by atoms with E-state index >= 15 is 0 Å². The number of aliphatic hydroxyl groups is 1. The van der Waals surface area contributed by atoms with Crippen molar-refractivity contribution >= 4 is 22.9 Å². The van der Waals surface area contributed by atoms with Gasteiger partial charge in [-0.1, -0.05) is 11.6 Å². The van der Waals surface area contributed by atoms with Crippen LogP contribution < -0.4 is 14.8 Å². The molecule has 2 N–H and O–H groups in total. The Morgan fingerprint density at radius 3 is 2.67 bits per heavy atom. The van der Waals surface area contributed by atoms with Crippen LogP contribution in [0.2, 0.25) is 4.34 Å². The molecule has 0 aliphatic heterocycles. The van der Waals surface area contributed by atoms with Crippen molar-refractivity contribution < 1.29 is 14.6 Å². The van der Waals surface area contributed by atoms with E-state index in [2.05, 4.69) is 5.32 Å². The molecule has 0 bridgehead atoms. The SMILES string of the molecule is COc1ccc(OC)c(C(O)CNCc2ccc(Cl)s2)c1. The van der Waals surface area contributed by atoms with E-state index in [1.165, 1.54) is 11.3 Å². The summed E-state index contributed by atoms with van der Waals surface area (Å²) in [6.45, 7) is 1.08. The second-order valence-corrected chi connectivity index (χ2v) is 6.26. The van der Waals surface area contributed by atoms with Crippen LogP contribution in [-0.2, 0) is 6.54 Å². The first-order valence-corrected chi connectivity index (χ1v) is 7.68. The molecule has 0 aliphatic rings. The van der Waals surface area contributed by atoms with Crippen molar-refractivity contribution in [3.05, 3.63) is 45.1 Å². The summed E-state index contributed by atoms with van der Waals surface area (Å²) >= 11 is 7.41. The van der Waals surface area contributed by atoms with E-state index in [0.717, 1.165) is 9.21 Å². The topological polar surface area (TPSA) is 50.7 Å². The first-order valence-electron chi connectivity index (χ1n) is 6.49. The molecule has 114 valence electrons. The van der Waals surface area contributed by atoms with E-state index in [9.17, 15) is 5.11 Å². The molecule has 0 radical (unpaired) electrons. The van der Waals surface area contributed by atoms with Crippen LogP contribution in [0.25, 0.3) is 0 Å². The van der Waals surface area contributed by atoms with Gasteiger partial charge in [0.2, 0.25) is 0 Å². The summed E-state index contributed by atoms with van der Waals surface area (Å²) in [6.07, 6.45) is -0.675. The normalized spacial score (nSPS) is 12.2. The fourth-order valence-electron chi connectivity index (χ4n) is 1.99. The Morgan fingerprint density at radius 2 is 2.05 bits per heavy atom. The van der Waals surface area contributed by atoms with Crippen LogP contribution >= 0.6 is 22.9 Å². The monoisotopic (exact) mass is 327 g/mol. The van der Waals surface area contributed by atoms with Gasteiger partial charge in [0, 0.05) is 23.5 Å². The molecule has 0 fully saturated rings. The third-order valence-corrected chi connectivity index (χ3v) is 4.29. The maximum atomic E-state index is 10.3. The van der Waals surface area contributed by atoms with Gasteiger partial charge in [-0.2, -0.15) is 0 Å². The Labute approximate surface area is 133 Å². The zero-order valence-electron chi connectivity index (χ0n) is 11.9. The van der Waals surface area contributed by atoms with Crippen LogP contribution in [0.3, 0.4) is 0 Å². The molecule has 0 saturated carbocycles. The molecule has 1 atom stereocenters. The van der Waals surface area contributed by atoms with Crippen molar-refractivity contribution in [3.63, 3.8) is 0 Å². The minimum absolute atomic E-state index is 0.416. The van der Waals surface area contributed by atoms with Gasteiger partial charge < -0.3 is 19.9 Å². The van der Waals surface area contributed by atoms with Crippen LogP contribution in [0.4, 0.5) is 0 Å². The molecule has 0 aliphatic carbocycles. The van der Waals surface area contributed by atoms with Crippen LogP contribution in [-0.4, -0.2) is 25.9 Å². The van der Waals surface area contributed by atoms with Gasteiger partial charge in [0.1, 0.15) is 11.5 Å². The van der Waals surface area contributed by atoms with Gasteiger partial charge in [0.25, 0.3) is 0 Å². The van der Waals surface area contributed by atoms with Crippen LogP contribution in [0, 0.1) is 0 Å². The Balaban J connectivity index is 1.97.